The van der Waals surface area contributed by atoms with Crippen molar-refractivity contribution < 1.29 is 4.42 Å². The highest BCUT2D eigenvalue weighted by Crippen LogP contribution is 2.27. The Labute approximate surface area is 157 Å². The fourth-order valence-corrected chi connectivity index (χ4v) is 3.59. The van der Waals surface area contributed by atoms with Crippen molar-refractivity contribution in [2.45, 2.75) is 6.92 Å². The summed E-state index contributed by atoms with van der Waals surface area (Å²) in [7, 11) is 0. The number of nitrogens with one attached hydrogen (secondary N) is 1. The van der Waals surface area contributed by atoms with Crippen LogP contribution in [0.2, 0.25) is 0 Å². The second kappa shape index (κ2) is 6.82. The molecule has 124 valence electrons. The molecule has 0 aliphatic heterocycles. The van der Waals surface area contributed by atoms with Crippen molar-refractivity contribution >= 4 is 48.8 Å². The van der Waals surface area contributed by atoms with Crippen LogP contribution < -0.4 is 5.43 Å². The Bertz CT molecular complexity index is 1030. The van der Waals surface area contributed by atoms with Crippen LogP contribution >= 0.6 is 27.3 Å². The number of rotatable bonds is 4. The molecular formula is C19H14BrN3OS. The van der Waals surface area contributed by atoms with Crippen molar-refractivity contribution in [2.24, 2.45) is 5.10 Å². The number of fused-ring (bicyclic) bond motifs is 1. The largest absolute Gasteiger partial charge is 0.455 e. The van der Waals surface area contributed by atoms with Crippen molar-refractivity contribution in [3.8, 4) is 11.3 Å². The number of halogens is 1. The topological polar surface area (TPSA) is 50.4 Å². The number of benzene rings is 2. The highest BCUT2D eigenvalue weighted by atomic mass is 79.9. The van der Waals surface area contributed by atoms with Gasteiger partial charge < -0.3 is 4.42 Å². The lowest BCUT2D eigenvalue weighted by Crippen LogP contribution is -1.88. The molecule has 0 saturated carbocycles. The summed E-state index contributed by atoms with van der Waals surface area (Å²) in [6.45, 7) is 2.06. The van der Waals surface area contributed by atoms with Gasteiger partial charge in [0.1, 0.15) is 11.5 Å². The molecular weight excluding hydrogens is 398 g/mol. The van der Waals surface area contributed by atoms with Crippen molar-refractivity contribution in [1.82, 2.24) is 4.98 Å². The lowest BCUT2D eigenvalue weighted by Gasteiger charge is -2.01. The lowest BCUT2D eigenvalue weighted by molar-refractivity contribution is 0.575. The molecule has 6 heteroatoms. The van der Waals surface area contributed by atoms with Crippen molar-refractivity contribution in [3.05, 3.63) is 70.4 Å². The molecule has 0 unspecified atom stereocenters. The number of anilines is 1. The maximum atomic E-state index is 5.83. The van der Waals surface area contributed by atoms with E-state index in [0.717, 1.165) is 31.1 Å². The zero-order chi connectivity index (χ0) is 17.2. The minimum Gasteiger partial charge on any atom is -0.455 e. The molecule has 1 N–H and O–H groups in total. The summed E-state index contributed by atoms with van der Waals surface area (Å²) in [6, 6.07) is 18.0. The van der Waals surface area contributed by atoms with E-state index in [0.29, 0.717) is 5.76 Å². The maximum absolute atomic E-state index is 5.83. The molecule has 0 saturated heterocycles. The molecule has 4 nitrogen and oxygen atoms in total. The molecule has 0 radical (unpaired) electrons. The molecule has 0 bridgehead atoms. The van der Waals surface area contributed by atoms with Crippen LogP contribution in [0.3, 0.4) is 0 Å². The number of thiazole rings is 1. The average molecular weight is 412 g/mol. The quantitative estimate of drug-likeness (QED) is 0.327. The molecule has 4 aromatic rings. The maximum Gasteiger partial charge on any atom is 0.204 e. The van der Waals surface area contributed by atoms with Gasteiger partial charge in [-0.1, -0.05) is 51.5 Å². The molecule has 2 aromatic carbocycles. The summed E-state index contributed by atoms with van der Waals surface area (Å²) in [5.41, 5.74) is 6.14. The van der Waals surface area contributed by atoms with Gasteiger partial charge in [0, 0.05) is 10.0 Å². The van der Waals surface area contributed by atoms with Crippen LogP contribution in [0.15, 0.2) is 68.6 Å². The van der Waals surface area contributed by atoms with Gasteiger partial charge in [-0.15, -0.1) is 0 Å². The average Bonchev–Trinajstić information content (AvgIpc) is 3.24. The Hall–Kier alpha value is -2.44. The number of aromatic nitrogens is 1. The lowest BCUT2D eigenvalue weighted by atomic mass is 10.1. The summed E-state index contributed by atoms with van der Waals surface area (Å²) in [5.74, 6) is 1.49. The normalized spacial score (nSPS) is 11.4. The standard InChI is InChI=1S/C19H14BrN3OS/c1-12-6-7-13(10-15(12)20)17-9-8-14(24-17)11-21-23-19-22-16-4-2-3-5-18(16)25-19/h2-11H,1H3,(H,22,23)/b21-11-. The van der Waals surface area contributed by atoms with Crippen LogP contribution in [0.1, 0.15) is 11.3 Å². The number of nitrogens with zero attached hydrogens (tertiary/aromatic N) is 2. The molecule has 2 heterocycles. The molecule has 0 spiro atoms. The van der Waals surface area contributed by atoms with Crippen molar-refractivity contribution in [3.63, 3.8) is 0 Å². The van der Waals surface area contributed by atoms with E-state index < -0.39 is 0 Å². The van der Waals surface area contributed by atoms with E-state index in [2.05, 4.69) is 50.5 Å². The Morgan fingerprint density at radius 2 is 2.04 bits per heavy atom. The first-order valence-electron chi connectivity index (χ1n) is 7.70. The van der Waals surface area contributed by atoms with Crippen molar-refractivity contribution in [1.29, 1.82) is 0 Å². The first-order chi connectivity index (χ1) is 12.2. The fourth-order valence-electron chi connectivity index (χ4n) is 2.39. The Balaban J connectivity index is 1.48. The van der Waals surface area contributed by atoms with Gasteiger partial charge in [0.2, 0.25) is 5.13 Å². The first kappa shape index (κ1) is 16.1. The number of furan rings is 1. The van der Waals surface area contributed by atoms with Gasteiger partial charge in [0.25, 0.3) is 0 Å². The number of para-hydroxylation sites is 1. The number of aryl methyl sites for hydroxylation is 1. The monoisotopic (exact) mass is 411 g/mol. The van der Waals surface area contributed by atoms with E-state index in [1.807, 2.05) is 42.5 Å². The highest BCUT2D eigenvalue weighted by Gasteiger charge is 2.06. The van der Waals surface area contributed by atoms with Crippen LogP contribution in [-0.4, -0.2) is 11.2 Å². The van der Waals surface area contributed by atoms with Crippen LogP contribution in [0, 0.1) is 6.92 Å². The molecule has 2 aromatic heterocycles. The molecule has 0 aliphatic rings. The molecule has 25 heavy (non-hydrogen) atoms. The second-order valence-electron chi connectivity index (χ2n) is 5.52. The van der Waals surface area contributed by atoms with E-state index in [-0.39, 0.29) is 0 Å². The summed E-state index contributed by atoms with van der Waals surface area (Å²) in [5, 5.41) is 4.97. The zero-order valence-electron chi connectivity index (χ0n) is 13.4. The fraction of sp³-hybridized carbons (Fsp3) is 0.0526. The van der Waals surface area contributed by atoms with E-state index in [9.17, 15) is 0 Å². The number of hydrogen-bond acceptors (Lipinski definition) is 5. The summed E-state index contributed by atoms with van der Waals surface area (Å²) in [4.78, 5) is 4.47. The molecule has 0 fully saturated rings. The van der Waals surface area contributed by atoms with Crippen LogP contribution in [-0.2, 0) is 0 Å². The van der Waals surface area contributed by atoms with E-state index in [4.69, 9.17) is 4.42 Å². The zero-order valence-corrected chi connectivity index (χ0v) is 15.8. The van der Waals surface area contributed by atoms with Gasteiger partial charge in [-0.25, -0.2) is 4.98 Å². The van der Waals surface area contributed by atoms with Gasteiger partial charge in [-0.2, -0.15) is 5.10 Å². The van der Waals surface area contributed by atoms with Crippen LogP contribution in [0.5, 0.6) is 0 Å². The SMILES string of the molecule is Cc1ccc(-c2ccc(/C=N\Nc3nc4ccccc4s3)o2)cc1Br. The molecule has 4 rings (SSSR count). The number of hydrazone groups is 1. The van der Waals surface area contributed by atoms with E-state index in [1.54, 1.807) is 17.6 Å². The second-order valence-corrected chi connectivity index (χ2v) is 7.41. The minimum absolute atomic E-state index is 0.681. The Morgan fingerprint density at radius 3 is 2.88 bits per heavy atom. The third-order valence-corrected chi connectivity index (χ3v) is 5.52. The van der Waals surface area contributed by atoms with Gasteiger partial charge in [0.15, 0.2) is 0 Å². The van der Waals surface area contributed by atoms with E-state index in [1.165, 1.54) is 5.56 Å². The van der Waals surface area contributed by atoms with E-state index >= 15 is 0 Å². The summed E-state index contributed by atoms with van der Waals surface area (Å²) < 4.78 is 8.03. The van der Waals surface area contributed by atoms with Crippen LogP contribution in [0.25, 0.3) is 21.5 Å². The highest BCUT2D eigenvalue weighted by molar-refractivity contribution is 9.10. The predicted octanol–water partition coefficient (Wildman–Crippen LogP) is 6.07. The Kier molecular flexibility index (Phi) is 4.38. The minimum atomic E-state index is 0.681. The summed E-state index contributed by atoms with van der Waals surface area (Å²) >= 11 is 5.11. The van der Waals surface area contributed by atoms with Crippen LogP contribution in [0.4, 0.5) is 5.13 Å². The van der Waals surface area contributed by atoms with Crippen molar-refractivity contribution in [2.75, 3.05) is 5.43 Å². The summed E-state index contributed by atoms with van der Waals surface area (Å²) in [6.07, 6.45) is 1.65. The molecule has 0 atom stereocenters. The Morgan fingerprint density at radius 1 is 1.16 bits per heavy atom. The smallest absolute Gasteiger partial charge is 0.204 e. The third-order valence-electron chi connectivity index (χ3n) is 3.73. The van der Waals surface area contributed by atoms with Gasteiger partial charge in [0.05, 0.1) is 16.4 Å². The van der Waals surface area contributed by atoms with Gasteiger partial charge in [-0.05, 0) is 42.8 Å². The molecule has 0 aliphatic carbocycles. The third kappa shape index (κ3) is 3.50. The number of hydrogen-bond donors (Lipinski definition) is 1. The van der Waals surface area contributed by atoms with Gasteiger partial charge in [-0.3, -0.25) is 5.43 Å². The predicted molar refractivity (Wildman–Crippen MR) is 107 cm³/mol. The van der Waals surface area contributed by atoms with Gasteiger partial charge >= 0.3 is 0 Å². The molecule has 0 amide bonds. The first-order valence-corrected chi connectivity index (χ1v) is 9.31.